The largest absolute Gasteiger partial charge is 0.330 e. The second-order valence-electron chi connectivity index (χ2n) is 6.01. The summed E-state index contributed by atoms with van der Waals surface area (Å²) in [5, 5.41) is 0. The Hall–Kier alpha value is -1.36. The van der Waals surface area contributed by atoms with E-state index in [1.807, 2.05) is 0 Å². The molecule has 1 aromatic heterocycles. The molecule has 1 fully saturated rings. The van der Waals surface area contributed by atoms with E-state index in [2.05, 4.69) is 18.7 Å². The summed E-state index contributed by atoms with van der Waals surface area (Å²) < 4.78 is 2.72. The smallest absolute Gasteiger partial charge is 0.299 e. The van der Waals surface area contributed by atoms with Gasteiger partial charge in [-0.1, -0.05) is 13.8 Å². The summed E-state index contributed by atoms with van der Waals surface area (Å²) in [7, 11) is 3.24. The first kappa shape index (κ1) is 14.1. The quantitative estimate of drug-likeness (QED) is 0.785. The van der Waals surface area contributed by atoms with Crippen LogP contribution in [0.25, 0.3) is 0 Å². The summed E-state index contributed by atoms with van der Waals surface area (Å²) in [4.78, 5) is 25.9. The number of aromatic nitrogens is 2. The zero-order valence-electron chi connectivity index (χ0n) is 12.2. The van der Waals surface area contributed by atoms with Crippen LogP contribution >= 0.6 is 0 Å². The van der Waals surface area contributed by atoms with Crippen LogP contribution in [0.1, 0.15) is 26.0 Å². The fourth-order valence-electron chi connectivity index (χ4n) is 3.08. The van der Waals surface area contributed by atoms with Gasteiger partial charge >= 0.3 is 5.69 Å². The number of likely N-dealkylation sites (tertiary alicyclic amines) is 1. The lowest BCUT2D eigenvalue weighted by Gasteiger charge is -2.35. The lowest BCUT2D eigenvalue weighted by atomic mass is 9.92. The Bertz CT molecular complexity index is 563. The maximum absolute atomic E-state index is 11.9. The van der Waals surface area contributed by atoms with Crippen LogP contribution in [0.15, 0.2) is 15.7 Å². The van der Waals surface area contributed by atoms with Crippen molar-refractivity contribution < 1.29 is 0 Å². The highest BCUT2D eigenvalue weighted by Crippen LogP contribution is 2.21. The number of hydrogen-bond acceptors (Lipinski definition) is 3. The molecular formula is C14H23N3O2. The molecule has 19 heavy (non-hydrogen) atoms. The lowest BCUT2D eigenvalue weighted by molar-refractivity contribution is 0.131. The molecule has 2 heterocycles. The van der Waals surface area contributed by atoms with Crippen molar-refractivity contribution in [2.45, 2.75) is 26.8 Å². The van der Waals surface area contributed by atoms with E-state index in [1.165, 1.54) is 13.5 Å². The van der Waals surface area contributed by atoms with Crippen LogP contribution in [0, 0.1) is 11.8 Å². The topological polar surface area (TPSA) is 47.2 Å². The fourth-order valence-corrected chi connectivity index (χ4v) is 3.08. The molecule has 0 spiro atoms. The zero-order valence-corrected chi connectivity index (χ0v) is 12.2. The summed E-state index contributed by atoms with van der Waals surface area (Å²) in [5.41, 5.74) is 0.325. The molecule has 5 nitrogen and oxygen atoms in total. The van der Waals surface area contributed by atoms with Crippen molar-refractivity contribution >= 4 is 0 Å². The minimum atomic E-state index is -0.249. The first-order valence-corrected chi connectivity index (χ1v) is 6.86. The average molecular weight is 265 g/mol. The highest BCUT2D eigenvalue weighted by Gasteiger charge is 2.22. The molecule has 2 rings (SSSR count). The average Bonchev–Trinajstić information content (AvgIpc) is 2.32. The Morgan fingerprint density at radius 3 is 2.26 bits per heavy atom. The van der Waals surface area contributed by atoms with E-state index in [-0.39, 0.29) is 11.2 Å². The van der Waals surface area contributed by atoms with Crippen molar-refractivity contribution in [1.29, 1.82) is 0 Å². The molecule has 0 aromatic carbocycles. The summed E-state index contributed by atoms with van der Waals surface area (Å²) in [5.74, 6) is 1.35. The van der Waals surface area contributed by atoms with E-state index >= 15 is 0 Å². The summed E-state index contributed by atoms with van der Waals surface area (Å²) in [6.45, 7) is 7.26. The summed E-state index contributed by atoms with van der Waals surface area (Å²) in [6.07, 6.45) is 1.26. The molecule has 2 atom stereocenters. The first-order valence-electron chi connectivity index (χ1n) is 6.86. The summed E-state index contributed by atoms with van der Waals surface area (Å²) in [6, 6.07) is 1.57. The van der Waals surface area contributed by atoms with Crippen molar-refractivity contribution in [3.05, 3.63) is 32.6 Å². The van der Waals surface area contributed by atoms with Gasteiger partial charge in [0, 0.05) is 45.5 Å². The Balaban J connectivity index is 2.24. The van der Waals surface area contributed by atoms with Gasteiger partial charge in [-0.25, -0.2) is 4.79 Å². The van der Waals surface area contributed by atoms with Gasteiger partial charge in [-0.05, 0) is 18.3 Å². The molecule has 106 valence electrons. The van der Waals surface area contributed by atoms with Crippen molar-refractivity contribution in [1.82, 2.24) is 14.0 Å². The standard InChI is InChI=1S/C14H23N3O2/c1-10-5-11(2)8-17(7-10)9-12-6-13(18)16(4)14(19)15(12)3/h6,10-11H,5,7-9H2,1-4H3. The van der Waals surface area contributed by atoms with E-state index in [4.69, 9.17) is 0 Å². The maximum Gasteiger partial charge on any atom is 0.330 e. The van der Waals surface area contributed by atoms with E-state index < -0.39 is 0 Å². The molecule has 0 radical (unpaired) electrons. The molecule has 1 aliphatic heterocycles. The Morgan fingerprint density at radius 2 is 1.68 bits per heavy atom. The first-order chi connectivity index (χ1) is 8.88. The lowest BCUT2D eigenvalue weighted by Crippen LogP contribution is -2.42. The van der Waals surface area contributed by atoms with Crippen molar-refractivity contribution in [2.75, 3.05) is 13.1 Å². The Morgan fingerprint density at radius 1 is 1.11 bits per heavy atom. The molecule has 0 bridgehead atoms. The normalized spacial score (nSPS) is 24.6. The number of piperidine rings is 1. The summed E-state index contributed by atoms with van der Waals surface area (Å²) >= 11 is 0. The molecule has 2 unspecified atom stereocenters. The van der Waals surface area contributed by atoms with Gasteiger partial charge < -0.3 is 0 Å². The number of rotatable bonds is 2. The third-order valence-corrected chi connectivity index (χ3v) is 3.96. The van der Waals surface area contributed by atoms with Gasteiger partial charge in [0.05, 0.1) is 0 Å². The zero-order chi connectivity index (χ0) is 14.2. The molecule has 0 N–H and O–H groups in total. The van der Waals surface area contributed by atoms with Gasteiger partial charge in [-0.3, -0.25) is 18.8 Å². The number of hydrogen-bond donors (Lipinski definition) is 0. The fraction of sp³-hybridized carbons (Fsp3) is 0.714. The van der Waals surface area contributed by atoms with Crippen LogP contribution in [0.3, 0.4) is 0 Å². The Labute approximate surface area is 113 Å². The van der Waals surface area contributed by atoms with Crippen molar-refractivity contribution in [2.24, 2.45) is 25.9 Å². The van der Waals surface area contributed by atoms with Gasteiger partial charge in [0.25, 0.3) is 5.56 Å². The van der Waals surface area contributed by atoms with Crippen LogP contribution in [0.5, 0.6) is 0 Å². The molecular weight excluding hydrogens is 242 g/mol. The molecule has 1 saturated heterocycles. The van der Waals surface area contributed by atoms with Crippen LogP contribution < -0.4 is 11.2 Å². The van der Waals surface area contributed by atoms with Gasteiger partial charge in [0.2, 0.25) is 0 Å². The van der Waals surface area contributed by atoms with Crippen LogP contribution in [-0.2, 0) is 20.6 Å². The molecule has 5 heteroatoms. The predicted octanol–water partition coefficient (Wildman–Crippen LogP) is 0.562. The second-order valence-corrected chi connectivity index (χ2v) is 6.01. The van der Waals surface area contributed by atoms with Crippen LogP contribution in [0.2, 0.25) is 0 Å². The van der Waals surface area contributed by atoms with Gasteiger partial charge in [0.15, 0.2) is 0 Å². The molecule has 0 aliphatic carbocycles. The SMILES string of the molecule is CC1CC(C)CN(Cc2cc(=O)n(C)c(=O)n2C)C1. The van der Waals surface area contributed by atoms with Crippen molar-refractivity contribution in [3.8, 4) is 0 Å². The van der Waals surface area contributed by atoms with E-state index in [0.29, 0.717) is 18.4 Å². The molecule has 1 aromatic rings. The highest BCUT2D eigenvalue weighted by atomic mass is 16.2. The van der Waals surface area contributed by atoms with Crippen LogP contribution in [0.4, 0.5) is 0 Å². The van der Waals surface area contributed by atoms with Crippen LogP contribution in [-0.4, -0.2) is 27.1 Å². The molecule has 1 aliphatic rings. The van der Waals surface area contributed by atoms with E-state index in [9.17, 15) is 9.59 Å². The Kier molecular flexibility index (Phi) is 3.94. The number of nitrogens with zero attached hydrogens (tertiary/aromatic N) is 3. The van der Waals surface area contributed by atoms with Crippen molar-refractivity contribution in [3.63, 3.8) is 0 Å². The van der Waals surface area contributed by atoms with E-state index in [0.717, 1.165) is 23.4 Å². The van der Waals surface area contributed by atoms with Gasteiger partial charge in [0.1, 0.15) is 0 Å². The minimum absolute atomic E-state index is 0.226. The van der Waals surface area contributed by atoms with E-state index in [1.54, 1.807) is 17.7 Å². The minimum Gasteiger partial charge on any atom is -0.299 e. The second kappa shape index (κ2) is 5.33. The maximum atomic E-state index is 11.9. The third-order valence-electron chi connectivity index (χ3n) is 3.96. The third kappa shape index (κ3) is 2.97. The van der Waals surface area contributed by atoms with Gasteiger partial charge in [-0.15, -0.1) is 0 Å². The molecule has 0 amide bonds. The van der Waals surface area contributed by atoms with Gasteiger partial charge in [-0.2, -0.15) is 0 Å². The monoisotopic (exact) mass is 265 g/mol. The highest BCUT2D eigenvalue weighted by molar-refractivity contribution is 5.02. The predicted molar refractivity (Wildman–Crippen MR) is 75.1 cm³/mol. The molecule has 0 saturated carbocycles.